The molecule has 0 saturated carbocycles. The highest BCUT2D eigenvalue weighted by Gasteiger charge is 2.35. The molecule has 2 N–H and O–H groups in total. The van der Waals surface area contributed by atoms with Crippen LogP contribution in [0.4, 0.5) is 0 Å². The minimum absolute atomic E-state index is 0. The molecule has 4 nitrogen and oxygen atoms in total. The summed E-state index contributed by atoms with van der Waals surface area (Å²) in [5.74, 6) is 0.959. The van der Waals surface area contributed by atoms with Crippen LogP contribution in [0.25, 0.3) is 0 Å². The quantitative estimate of drug-likeness (QED) is 0.747. The molecule has 1 aromatic rings. The summed E-state index contributed by atoms with van der Waals surface area (Å²) in [4.78, 5) is 4.52. The first-order valence-electron chi connectivity index (χ1n) is 7.96. The SMILES string of the molecule is Cc1ccccc1C1(CNC2=NCCCN2)CCOCC1.I. The maximum Gasteiger partial charge on any atom is 0.191 e. The summed E-state index contributed by atoms with van der Waals surface area (Å²) >= 11 is 0. The van der Waals surface area contributed by atoms with Gasteiger partial charge in [-0.15, -0.1) is 24.0 Å². The van der Waals surface area contributed by atoms with Gasteiger partial charge in [0.25, 0.3) is 0 Å². The van der Waals surface area contributed by atoms with Gasteiger partial charge in [0.2, 0.25) is 0 Å². The molecule has 0 unspecified atom stereocenters. The Morgan fingerprint density at radius 3 is 2.73 bits per heavy atom. The Morgan fingerprint density at radius 1 is 1.27 bits per heavy atom. The fourth-order valence-electron chi connectivity index (χ4n) is 3.38. The number of halogens is 1. The molecule has 2 heterocycles. The summed E-state index contributed by atoms with van der Waals surface area (Å²) in [6.07, 6.45) is 3.26. The highest BCUT2D eigenvalue weighted by molar-refractivity contribution is 14.0. The van der Waals surface area contributed by atoms with Gasteiger partial charge in [0.05, 0.1) is 0 Å². The zero-order valence-corrected chi connectivity index (χ0v) is 15.6. The lowest BCUT2D eigenvalue weighted by Gasteiger charge is -2.39. The van der Waals surface area contributed by atoms with Crippen LogP contribution in [0, 0.1) is 6.92 Å². The number of aliphatic imine (C=N–C) groups is 1. The molecule has 0 amide bonds. The summed E-state index contributed by atoms with van der Waals surface area (Å²) in [6.45, 7) is 6.77. The molecule has 0 aromatic heterocycles. The molecule has 0 bridgehead atoms. The van der Waals surface area contributed by atoms with E-state index in [4.69, 9.17) is 4.74 Å². The van der Waals surface area contributed by atoms with Gasteiger partial charge in [0, 0.05) is 38.3 Å². The molecule has 122 valence electrons. The minimum Gasteiger partial charge on any atom is -0.381 e. The molecular formula is C17H26IN3O. The van der Waals surface area contributed by atoms with Gasteiger partial charge in [0.1, 0.15) is 0 Å². The molecular weight excluding hydrogens is 389 g/mol. The van der Waals surface area contributed by atoms with E-state index in [2.05, 4.69) is 46.8 Å². The average molecular weight is 415 g/mol. The van der Waals surface area contributed by atoms with Gasteiger partial charge < -0.3 is 15.4 Å². The van der Waals surface area contributed by atoms with E-state index in [-0.39, 0.29) is 29.4 Å². The number of hydrogen-bond donors (Lipinski definition) is 2. The van der Waals surface area contributed by atoms with Crippen molar-refractivity contribution in [1.82, 2.24) is 10.6 Å². The first-order chi connectivity index (χ1) is 10.3. The normalized spacial score (nSPS) is 20.3. The van der Waals surface area contributed by atoms with Crippen LogP contribution >= 0.6 is 24.0 Å². The van der Waals surface area contributed by atoms with Crippen LogP contribution < -0.4 is 10.6 Å². The van der Waals surface area contributed by atoms with Gasteiger partial charge in [-0.1, -0.05) is 24.3 Å². The lowest BCUT2D eigenvalue weighted by Crippen LogP contribution is -2.49. The number of benzene rings is 1. The molecule has 22 heavy (non-hydrogen) atoms. The Hall–Kier alpha value is -0.820. The highest BCUT2D eigenvalue weighted by Crippen LogP contribution is 2.36. The summed E-state index contributed by atoms with van der Waals surface area (Å²) in [5.41, 5.74) is 2.99. The molecule has 0 radical (unpaired) electrons. The fraction of sp³-hybridized carbons (Fsp3) is 0.588. The minimum atomic E-state index is 0. The first-order valence-corrected chi connectivity index (χ1v) is 7.96. The first kappa shape index (κ1) is 17.5. The van der Waals surface area contributed by atoms with E-state index in [0.717, 1.165) is 58.1 Å². The Labute approximate surface area is 150 Å². The van der Waals surface area contributed by atoms with Gasteiger partial charge in [-0.2, -0.15) is 0 Å². The van der Waals surface area contributed by atoms with Crippen molar-refractivity contribution in [2.45, 2.75) is 31.6 Å². The number of ether oxygens (including phenoxy) is 1. The lowest BCUT2D eigenvalue weighted by molar-refractivity contribution is 0.0511. The van der Waals surface area contributed by atoms with Crippen LogP contribution in [0.15, 0.2) is 29.3 Å². The standard InChI is InChI=1S/C17H25N3O.HI/c1-14-5-2-3-6-15(14)17(7-11-21-12-8-17)13-20-16-18-9-4-10-19-16;/h2-3,5-6H,4,7-13H2,1H3,(H2,18,19,20);1H. The topological polar surface area (TPSA) is 45.7 Å². The molecule has 2 aliphatic rings. The number of aryl methyl sites for hydroxylation is 1. The predicted molar refractivity (Wildman–Crippen MR) is 101 cm³/mol. The predicted octanol–water partition coefficient (Wildman–Crippen LogP) is 2.60. The van der Waals surface area contributed by atoms with Crippen LogP contribution in [0.5, 0.6) is 0 Å². The van der Waals surface area contributed by atoms with Crippen LogP contribution in [0.1, 0.15) is 30.4 Å². The van der Waals surface area contributed by atoms with E-state index in [9.17, 15) is 0 Å². The molecule has 0 atom stereocenters. The van der Waals surface area contributed by atoms with Crippen molar-refractivity contribution in [3.05, 3.63) is 35.4 Å². The lowest BCUT2D eigenvalue weighted by atomic mass is 9.72. The zero-order valence-electron chi connectivity index (χ0n) is 13.2. The number of rotatable bonds is 3. The Balaban J connectivity index is 0.00000176. The van der Waals surface area contributed by atoms with Crippen LogP contribution in [0.3, 0.4) is 0 Å². The average Bonchev–Trinajstić information content (AvgIpc) is 2.55. The van der Waals surface area contributed by atoms with Gasteiger partial charge in [-0.3, -0.25) is 4.99 Å². The van der Waals surface area contributed by atoms with Crippen molar-refractivity contribution in [1.29, 1.82) is 0 Å². The van der Waals surface area contributed by atoms with E-state index < -0.39 is 0 Å². The van der Waals surface area contributed by atoms with Gasteiger partial charge in [-0.25, -0.2) is 0 Å². The van der Waals surface area contributed by atoms with Crippen molar-refractivity contribution in [3.63, 3.8) is 0 Å². The fourth-order valence-corrected chi connectivity index (χ4v) is 3.38. The van der Waals surface area contributed by atoms with Crippen molar-refractivity contribution in [2.24, 2.45) is 4.99 Å². The number of hydrogen-bond acceptors (Lipinski definition) is 4. The molecule has 0 aliphatic carbocycles. The largest absolute Gasteiger partial charge is 0.381 e. The van der Waals surface area contributed by atoms with Gasteiger partial charge >= 0.3 is 0 Å². The Bertz CT molecular complexity index is 512. The van der Waals surface area contributed by atoms with E-state index in [1.165, 1.54) is 11.1 Å². The monoisotopic (exact) mass is 415 g/mol. The third-order valence-corrected chi connectivity index (χ3v) is 4.66. The number of guanidine groups is 1. The van der Waals surface area contributed by atoms with Gasteiger partial charge in [-0.05, 0) is 37.3 Å². The van der Waals surface area contributed by atoms with Crippen LogP contribution in [0.2, 0.25) is 0 Å². The molecule has 1 aromatic carbocycles. The Morgan fingerprint density at radius 2 is 2.05 bits per heavy atom. The van der Waals surface area contributed by atoms with Crippen LogP contribution in [-0.2, 0) is 10.2 Å². The van der Waals surface area contributed by atoms with E-state index in [1.807, 2.05) is 0 Å². The summed E-state index contributed by atoms with van der Waals surface area (Å²) in [5, 5.41) is 6.89. The maximum atomic E-state index is 5.60. The Kier molecular flexibility index (Phi) is 6.50. The van der Waals surface area contributed by atoms with E-state index in [1.54, 1.807) is 0 Å². The van der Waals surface area contributed by atoms with Crippen molar-refractivity contribution in [2.75, 3.05) is 32.8 Å². The van der Waals surface area contributed by atoms with Gasteiger partial charge in [0.15, 0.2) is 5.96 Å². The summed E-state index contributed by atoms with van der Waals surface area (Å²) in [6, 6.07) is 8.75. The van der Waals surface area contributed by atoms with E-state index >= 15 is 0 Å². The van der Waals surface area contributed by atoms with Crippen molar-refractivity contribution >= 4 is 29.9 Å². The number of nitrogens with zero attached hydrogens (tertiary/aromatic N) is 1. The second-order valence-electron chi connectivity index (χ2n) is 6.07. The molecule has 0 spiro atoms. The van der Waals surface area contributed by atoms with Crippen molar-refractivity contribution in [3.8, 4) is 0 Å². The molecule has 1 saturated heterocycles. The van der Waals surface area contributed by atoms with E-state index in [0.29, 0.717) is 0 Å². The summed E-state index contributed by atoms with van der Waals surface area (Å²) in [7, 11) is 0. The molecule has 5 heteroatoms. The zero-order chi connectivity index (χ0) is 14.5. The second-order valence-corrected chi connectivity index (χ2v) is 6.07. The molecule has 3 rings (SSSR count). The third-order valence-electron chi connectivity index (χ3n) is 4.66. The summed E-state index contributed by atoms with van der Waals surface area (Å²) < 4.78 is 5.60. The molecule has 1 fully saturated rings. The number of nitrogens with one attached hydrogen (secondary N) is 2. The van der Waals surface area contributed by atoms with Crippen molar-refractivity contribution < 1.29 is 4.74 Å². The smallest absolute Gasteiger partial charge is 0.191 e. The maximum absolute atomic E-state index is 5.60. The molecule has 2 aliphatic heterocycles. The second kappa shape index (κ2) is 8.15. The highest BCUT2D eigenvalue weighted by atomic mass is 127. The third kappa shape index (κ3) is 3.93. The van der Waals surface area contributed by atoms with Crippen LogP contribution in [-0.4, -0.2) is 38.8 Å².